The van der Waals surface area contributed by atoms with Crippen molar-refractivity contribution in [3.05, 3.63) is 122 Å². The molecule has 0 saturated carbocycles. The van der Waals surface area contributed by atoms with Crippen LogP contribution in [0.15, 0.2) is 122 Å². The van der Waals surface area contributed by atoms with Crippen LogP contribution in [0, 0.1) is 0 Å². The second-order valence-corrected chi connectivity index (χ2v) is 10.2. The molecule has 0 unspecified atom stereocenters. The minimum absolute atomic E-state index is 1.17. The first-order chi connectivity index (χ1) is 18.9. The van der Waals surface area contributed by atoms with Crippen LogP contribution in [0.25, 0.3) is 87.2 Å². The maximum atomic E-state index is 4.35. The number of fused-ring (bicyclic) bond motifs is 3. The van der Waals surface area contributed by atoms with E-state index in [1.54, 1.807) is 0 Å². The van der Waals surface area contributed by atoms with Crippen molar-refractivity contribution in [3.8, 4) is 33.4 Å². The average Bonchev–Trinajstić information content (AvgIpc) is 3.33. The van der Waals surface area contributed by atoms with E-state index >= 15 is 0 Å². The summed E-state index contributed by atoms with van der Waals surface area (Å²) in [6.45, 7) is 0. The Hall–Kier alpha value is -5.08. The van der Waals surface area contributed by atoms with E-state index in [0.717, 1.165) is 0 Å². The topological polar surface area (TPSA) is 25.8 Å². The van der Waals surface area contributed by atoms with Gasteiger partial charge in [-0.15, -0.1) is 0 Å². The van der Waals surface area contributed by atoms with Crippen LogP contribution in [0.3, 0.4) is 0 Å². The van der Waals surface area contributed by atoms with Gasteiger partial charge in [-0.2, -0.15) is 0 Å². The minimum atomic E-state index is 1.17. The Bertz CT molecular complexity index is 2120. The summed E-state index contributed by atoms with van der Waals surface area (Å²) in [4.78, 5) is 8.69. The van der Waals surface area contributed by atoms with E-state index in [1.807, 2.05) is 24.8 Å². The highest BCUT2D eigenvalue weighted by Crippen LogP contribution is 2.51. The van der Waals surface area contributed by atoms with Crippen LogP contribution in [0.1, 0.15) is 0 Å². The molecule has 2 heterocycles. The summed E-state index contributed by atoms with van der Waals surface area (Å²) in [6, 6.07) is 35.8. The molecule has 9 rings (SSSR count). The van der Waals surface area contributed by atoms with Crippen LogP contribution >= 0.6 is 0 Å². The zero-order chi connectivity index (χ0) is 24.8. The molecule has 0 saturated heterocycles. The number of aromatic nitrogens is 2. The fourth-order valence-corrected chi connectivity index (χ4v) is 6.74. The van der Waals surface area contributed by atoms with Gasteiger partial charge in [0.05, 0.1) is 0 Å². The Morgan fingerprint density at radius 1 is 0.316 bits per heavy atom. The summed E-state index contributed by atoms with van der Waals surface area (Å²) >= 11 is 0. The third kappa shape index (κ3) is 2.51. The molecule has 2 nitrogen and oxygen atoms in total. The van der Waals surface area contributed by atoms with Crippen LogP contribution in [0.4, 0.5) is 0 Å². The number of benzene rings is 6. The van der Waals surface area contributed by atoms with Crippen molar-refractivity contribution >= 4 is 53.9 Å². The highest BCUT2D eigenvalue weighted by atomic mass is 14.6. The number of nitrogens with zero attached hydrogens (tertiary/aromatic N) is 2. The molecule has 2 heteroatoms. The number of hydrogen-bond donors (Lipinski definition) is 0. The maximum absolute atomic E-state index is 4.35. The highest BCUT2D eigenvalue weighted by Gasteiger charge is 2.24. The molecule has 0 amide bonds. The smallest absolute Gasteiger partial charge is 0.0346 e. The molecule has 0 atom stereocenters. The number of hydrogen-bond acceptors (Lipinski definition) is 2. The van der Waals surface area contributed by atoms with E-state index in [-0.39, 0.29) is 0 Å². The Balaban J connectivity index is 1.40. The van der Waals surface area contributed by atoms with Crippen molar-refractivity contribution in [2.75, 3.05) is 0 Å². The van der Waals surface area contributed by atoms with E-state index in [0.29, 0.717) is 0 Å². The summed E-state index contributed by atoms with van der Waals surface area (Å²) < 4.78 is 0. The van der Waals surface area contributed by atoms with Crippen molar-refractivity contribution in [2.24, 2.45) is 0 Å². The van der Waals surface area contributed by atoms with Gasteiger partial charge >= 0.3 is 0 Å². The summed E-state index contributed by atoms with van der Waals surface area (Å²) in [6.07, 6.45) is 7.68. The zero-order valence-electron chi connectivity index (χ0n) is 20.4. The highest BCUT2D eigenvalue weighted by molar-refractivity contribution is 6.35. The lowest BCUT2D eigenvalue weighted by Gasteiger charge is -2.12. The third-order valence-electron chi connectivity index (χ3n) is 8.37. The van der Waals surface area contributed by atoms with Gasteiger partial charge in [-0.25, -0.2) is 0 Å². The molecule has 0 spiro atoms. The maximum Gasteiger partial charge on any atom is 0.0346 e. The lowest BCUT2D eigenvalue weighted by atomic mass is 9.91. The molecular weight excluding hydrogens is 460 g/mol. The number of rotatable bonds is 2. The van der Waals surface area contributed by atoms with Gasteiger partial charge in [0.2, 0.25) is 0 Å². The Kier molecular flexibility index (Phi) is 3.82. The molecule has 0 bridgehead atoms. The molecule has 1 aliphatic carbocycles. The van der Waals surface area contributed by atoms with E-state index in [1.165, 1.54) is 87.2 Å². The molecule has 1 aliphatic rings. The van der Waals surface area contributed by atoms with Gasteiger partial charge in [-0.3, -0.25) is 9.97 Å². The van der Waals surface area contributed by atoms with Crippen molar-refractivity contribution in [1.29, 1.82) is 0 Å². The Morgan fingerprint density at radius 2 is 0.789 bits per heavy atom. The fourth-order valence-electron chi connectivity index (χ4n) is 6.74. The normalized spacial score (nSPS) is 12.2. The first-order valence-corrected chi connectivity index (χ1v) is 13.0. The molecule has 0 aliphatic heterocycles. The standard InChI is InChI=1S/C36H20N2/c1-3-22-19-37-17-15-24(22)26(5-1)28-11-13-32-33-14-12-29(27-6-2-4-23-20-38-18-16-25(23)27)31-10-8-21-7-9-30(28)35(32)34(21)36(31)33/h1-20H. The van der Waals surface area contributed by atoms with Gasteiger partial charge in [-0.05, 0) is 88.6 Å². The second kappa shape index (κ2) is 7.24. The second-order valence-electron chi connectivity index (χ2n) is 10.2. The SMILES string of the molecule is c1cc(-c2ccc3c4c2ccc2ccc5c(-c6cccc7cnccc67)ccc-3c5c24)c2ccncc2c1. The Morgan fingerprint density at radius 3 is 1.32 bits per heavy atom. The van der Waals surface area contributed by atoms with Gasteiger partial charge in [0.1, 0.15) is 0 Å². The largest absolute Gasteiger partial charge is 0.264 e. The summed E-state index contributed by atoms with van der Waals surface area (Å²) in [5, 5.41) is 12.8. The first-order valence-electron chi connectivity index (χ1n) is 13.0. The molecule has 8 aromatic rings. The molecule has 38 heavy (non-hydrogen) atoms. The molecule has 0 N–H and O–H groups in total. The van der Waals surface area contributed by atoms with Crippen molar-refractivity contribution in [1.82, 2.24) is 9.97 Å². The van der Waals surface area contributed by atoms with E-state index in [2.05, 4.69) is 107 Å². The predicted octanol–water partition coefficient (Wildman–Crippen LogP) is 9.56. The van der Waals surface area contributed by atoms with Gasteiger partial charge in [-0.1, -0.05) is 84.9 Å². The molecule has 0 fully saturated rings. The molecular formula is C36H20N2. The van der Waals surface area contributed by atoms with Crippen LogP contribution in [0.5, 0.6) is 0 Å². The summed E-state index contributed by atoms with van der Waals surface area (Å²) in [7, 11) is 0. The van der Waals surface area contributed by atoms with E-state index in [9.17, 15) is 0 Å². The van der Waals surface area contributed by atoms with E-state index in [4.69, 9.17) is 0 Å². The first kappa shape index (κ1) is 20.0. The molecule has 174 valence electrons. The van der Waals surface area contributed by atoms with Crippen LogP contribution in [-0.4, -0.2) is 9.97 Å². The quantitative estimate of drug-likeness (QED) is 0.230. The average molecular weight is 481 g/mol. The zero-order valence-corrected chi connectivity index (χ0v) is 20.4. The fraction of sp³-hybridized carbons (Fsp3) is 0. The lowest BCUT2D eigenvalue weighted by Crippen LogP contribution is -1.86. The van der Waals surface area contributed by atoms with Gasteiger partial charge in [0.15, 0.2) is 0 Å². The van der Waals surface area contributed by atoms with Crippen molar-refractivity contribution in [3.63, 3.8) is 0 Å². The lowest BCUT2D eigenvalue weighted by molar-refractivity contribution is 1.36. The van der Waals surface area contributed by atoms with Crippen LogP contribution in [0.2, 0.25) is 0 Å². The molecule has 6 aromatic carbocycles. The van der Waals surface area contributed by atoms with E-state index < -0.39 is 0 Å². The molecule has 0 radical (unpaired) electrons. The van der Waals surface area contributed by atoms with Crippen molar-refractivity contribution in [2.45, 2.75) is 0 Å². The minimum Gasteiger partial charge on any atom is -0.264 e. The van der Waals surface area contributed by atoms with Crippen molar-refractivity contribution < 1.29 is 0 Å². The molecule has 2 aromatic heterocycles. The monoisotopic (exact) mass is 480 g/mol. The Labute approximate surface area is 218 Å². The number of pyridine rings is 2. The van der Waals surface area contributed by atoms with Gasteiger partial charge in [0, 0.05) is 35.6 Å². The van der Waals surface area contributed by atoms with Crippen LogP contribution < -0.4 is 0 Å². The van der Waals surface area contributed by atoms with Crippen LogP contribution in [-0.2, 0) is 0 Å². The summed E-state index contributed by atoms with van der Waals surface area (Å²) in [5.41, 5.74) is 7.71. The van der Waals surface area contributed by atoms with Gasteiger partial charge in [0.25, 0.3) is 0 Å². The third-order valence-corrected chi connectivity index (χ3v) is 8.37. The van der Waals surface area contributed by atoms with Gasteiger partial charge < -0.3 is 0 Å². The summed E-state index contributed by atoms with van der Waals surface area (Å²) in [5.74, 6) is 0. The predicted molar refractivity (Wildman–Crippen MR) is 159 cm³/mol.